The van der Waals surface area contributed by atoms with Crippen molar-refractivity contribution >= 4 is 15.9 Å². The molecular formula is C12H16BrF2NO. The summed E-state index contributed by atoms with van der Waals surface area (Å²) in [5.41, 5.74) is 4.10. The molecule has 0 aliphatic heterocycles. The van der Waals surface area contributed by atoms with E-state index in [4.69, 9.17) is 5.73 Å². The second-order valence-electron chi connectivity index (χ2n) is 4.18. The van der Waals surface area contributed by atoms with Gasteiger partial charge >= 0.3 is 0 Å². The van der Waals surface area contributed by atoms with E-state index < -0.39 is 17.2 Å². The van der Waals surface area contributed by atoms with Crippen LogP contribution in [0.3, 0.4) is 0 Å². The SMILES string of the molecule is CCCC(O)(CN)Cc1c(F)ccc(Br)c1F. The zero-order valence-corrected chi connectivity index (χ0v) is 11.2. The van der Waals surface area contributed by atoms with E-state index in [9.17, 15) is 13.9 Å². The lowest BCUT2D eigenvalue weighted by Gasteiger charge is -2.26. The second-order valence-corrected chi connectivity index (χ2v) is 5.03. The standard InChI is InChI=1S/C12H16BrF2NO/c1-2-5-12(17,7-16)6-8-10(14)4-3-9(13)11(8)15/h3-4,17H,2,5-7,16H2,1H3. The van der Waals surface area contributed by atoms with E-state index >= 15 is 0 Å². The predicted molar refractivity (Wildman–Crippen MR) is 66.7 cm³/mol. The molecule has 17 heavy (non-hydrogen) atoms. The molecular weight excluding hydrogens is 292 g/mol. The summed E-state index contributed by atoms with van der Waals surface area (Å²) in [5.74, 6) is -1.33. The maximum Gasteiger partial charge on any atom is 0.143 e. The van der Waals surface area contributed by atoms with Gasteiger partial charge in [0.15, 0.2) is 0 Å². The maximum atomic E-state index is 13.7. The number of hydrogen-bond donors (Lipinski definition) is 2. The smallest absolute Gasteiger partial charge is 0.143 e. The Morgan fingerprint density at radius 3 is 2.59 bits per heavy atom. The van der Waals surface area contributed by atoms with E-state index in [2.05, 4.69) is 15.9 Å². The molecule has 0 heterocycles. The summed E-state index contributed by atoms with van der Waals surface area (Å²) in [5, 5.41) is 10.1. The molecule has 0 aromatic heterocycles. The van der Waals surface area contributed by atoms with Crippen LogP contribution in [0.25, 0.3) is 0 Å². The van der Waals surface area contributed by atoms with Gasteiger partial charge in [0.05, 0.1) is 10.1 Å². The average Bonchev–Trinajstić information content (AvgIpc) is 2.30. The van der Waals surface area contributed by atoms with Crippen molar-refractivity contribution < 1.29 is 13.9 Å². The first-order valence-electron chi connectivity index (χ1n) is 5.48. The van der Waals surface area contributed by atoms with Crippen LogP contribution in [-0.4, -0.2) is 17.3 Å². The summed E-state index contributed by atoms with van der Waals surface area (Å²) in [6.45, 7) is 1.86. The summed E-state index contributed by atoms with van der Waals surface area (Å²) < 4.78 is 27.4. The largest absolute Gasteiger partial charge is 0.388 e. The minimum atomic E-state index is -1.25. The molecule has 0 aliphatic rings. The molecule has 0 spiro atoms. The second kappa shape index (κ2) is 5.89. The van der Waals surface area contributed by atoms with Crippen LogP contribution in [-0.2, 0) is 6.42 Å². The average molecular weight is 308 g/mol. The monoisotopic (exact) mass is 307 g/mol. The van der Waals surface area contributed by atoms with Gasteiger partial charge in [-0.2, -0.15) is 0 Å². The van der Waals surface area contributed by atoms with E-state index in [1.165, 1.54) is 12.1 Å². The number of nitrogens with two attached hydrogens (primary N) is 1. The van der Waals surface area contributed by atoms with Crippen LogP contribution in [0.4, 0.5) is 8.78 Å². The predicted octanol–water partition coefficient (Wildman–Crippen LogP) is 2.76. The topological polar surface area (TPSA) is 46.2 Å². The van der Waals surface area contributed by atoms with Crippen molar-refractivity contribution in [3.8, 4) is 0 Å². The molecule has 0 saturated carbocycles. The van der Waals surface area contributed by atoms with Crippen LogP contribution in [0.15, 0.2) is 16.6 Å². The van der Waals surface area contributed by atoms with Crippen molar-refractivity contribution in [2.24, 2.45) is 5.73 Å². The van der Waals surface area contributed by atoms with Crippen molar-refractivity contribution in [1.82, 2.24) is 0 Å². The van der Waals surface area contributed by atoms with E-state index in [0.717, 1.165) is 0 Å². The molecule has 5 heteroatoms. The molecule has 1 rings (SSSR count). The molecule has 96 valence electrons. The highest BCUT2D eigenvalue weighted by Crippen LogP contribution is 2.26. The highest BCUT2D eigenvalue weighted by Gasteiger charge is 2.28. The summed E-state index contributed by atoms with van der Waals surface area (Å²) in [6.07, 6.45) is 0.994. The van der Waals surface area contributed by atoms with Gasteiger partial charge in [0.1, 0.15) is 11.6 Å². The number of rotatable bonds is 5. The summed E-state index contributed by atoms with van der Waals surface area (Å²) in [7, 11) is 0. The Bertz CT molecular complexity index is 400. The Hall–Kier alpha value is -0.520. The molecule has 0 aliphatic carbocycles. The Morgan fingerprint density at radius 1 is 1.41 bits per heavy atom. The van der Waals surface area contributed by atoms with Crippen molar-refractivity contribution in [2.75, 3.05) is 6.54 Å². The van der Waals surface area contributed by atoms with Crippen molar-refractivity contribution in [3.63, 3.8) is 0 Å². The Labute approximate surface area is 108 Å². The molecule has 1 aromatic carbocycles. The molecule has 0 saturated heterocycles. The number of aliphatic hydroxyl groups is 1. The lowest BCUT2D eigenvalue weighted by molar-refractivity contribution is 0.0381. The van der Waals surface area contributed by atoms with Crippen LogP contribution in [0.1, 0.15) is 25.3 Å². The van der Waals surface area contributed by atoms with Crippen LogP contribution < -0.4 is 5.73 Å². The zero-order chi connectivity index (χ0) is 13.1. The van der Waals surface area contributed by atoms with Crippen LogP contribution in [0.2, 0.25) is 0 Å². The molecule has 1 unspecified atom stereocenters. The minimum Gasteiger partial charge on any atom is -0.388 e. The zero-order valence-electron chi connectivity index (χ0n) is 9.64. The van der Waals surface area contributed by atoms with Gasteiger partial charge in [-0.15, -0.1) is 0 Å². The highest BCUT2D eigenvalue weighted by atomic mass is 79.9. The summed E-state index contributed by atoms with van der Waals surface area (Å²) >= 11 is 2.99. The Kier molecular flexibility index (Phi) is 5.04. The molecule has 1 atom stereocenters. The third-order valence-corrected chi connectivity index (χ3v) is 3.35. The van der Waals surface area contributed by atoms with E-state index in [1.807, 2.05) is 6.92 Å². The van der Waals surface area contributed by atoms with Gasteiger partial charge in [-0.25, -0.2) is 8.78 Å². The molecule has 0 amide bonds. The normalized spacial score (nSPS) is 14.7. The van der Waals surface area contributed by atoms with E-state index in [1.54, 1.807) is 0 Å². The van der Waals surface area contributed by atoms with Gasteiger partial charge in [0.25, 0.3) is 0 Å². The lowest BCUT2D eigenvalue weighted by atomic mass is 9.90. The lowest BCUT2D eigenvalue weighted by Crippen LogP contribution is -2.40. The van der Waals surface area contributed by atoms with Gasteiger partial charge < -0.3 is 10.8 Å². The molecule has 0 radical (unpaired) electrons. The van der Waals surface area contributed by atoms with Crippen molar-refractivity contribution in [1.29, 1.82) is 0 Å². The van der Waals surface area contributed by atoms with Gasteiger partial charge in [-0.05, 0) is 34.5 Å². The fourth-order valence-corrected chi connectivity index (χ4v) is 2.16. The first kappa shape index (κ1) is 14.5. The molecule has 0 fully saturated rings. The van der Waals surface area contributed by atoms with Crippen LogP contribution >= 0.6 is 15.9 Å². The third-order valence-electron chi connectivity index (χ3n) is 2.74. The number of benzene rings is 1. The summed E-state index contributed by atoms with van der Waals surface area (Å²) in [6, 6.07) is 2.47. The fraction of sp³-hybridized carbons (Fsp3) is 0.500. The maximum absolute atomic E-state index is 13.7. The highest BCUT2D eigenvalue weighted by molar-refractivity contribution is 9.10. The van der Waals surface area contributed by atoms with Gasteiger partial charge in [0, 0.05) is 18.5 Å². The fourth-order valence-electron chi connectivity index (χ4n) is 1.79. The van der Waals surface area contributed by atoms with Crippen molar-refractivity contribution in [3.05, 3.63) is 33.8 Å². The summed E-state index contributed by atoms with van der Waals surface area (Å²) in [4.78, 5) is 0. The number of hydrogen-bond acceptors (Lipinski definition) is 2. The molecule has 2 nitrogen and oxygen atoms in total. The first-order chi connectivity index (χ1) is 7.93. The van der Waals surface area contributed by atoms with Gasteiger partial charge in [-0.3, -0.25) is 0 Å². The third kappa shape index (κ3) is 3.47. The van der Waals surface area contributed by atoms with E-state index in [-0.39, 0.29) is 23.0 Å². The molecule has 1 aromatic rings. The van der Waals surface area contributed by atoms with Crippen LogP contribution in [0.5, 0.6) is 0 Å². The van der Waals surface area contributed by atoms with Gasteiger partial charge in [0.2, 0.25) is 0 Å². The van der Waals surface area contributed by atoms with Crippen molar-refractivity contribution in [2.45, 2.75) is 31.8 Å². The Morgan fingerprint density at radius 2 is 2.06 bits per heavy atom. The molecule has 0 bridgehead atoms. The van der Waals surface area contributed by atoms with Crippen LogP contribution in [0, 0.1) is 11.6 Å². The quantitative estimate of drug-likeness (QED) is 0.822. The Balaban J connectivity index is 3.05. The molecule has 3 N–H and O–H groups in total. The minimum absolute atomic E-state index is 0.0216. The first-order valence-corrected chi connectivity index (χ1v) is 6.27. The van der Waals surface area contributed by atoms with Gasteiger partial charge in [-0.1, -0.05) is 13.3 Å². The van der Waals surface area contributed by atoms with E-state index in [0.29, 0.717) is 12.8 Å². The number of halogens is 3.